The smallest absolute Gasteiger partial charge is 0.0861 e. The fourth-order valence-electron chi connectivity index (χ4n) is 4.36. The Hall–Kier alpha value is -0.860. The van der Waals surface area contributed by atoms with E-state index >= 15 is 0 Å². The van der Waals surface area contributed by atoms with Crippen molar-refractivity contribution in [3.63, 3.8) is 0 Å². The average molecular weight is 245 g/mol. The van der Waals surface area contributed by atoms with E-state index in [-0.39, 0.29) is 5.41 Å². The molecule has 18 heavy (non-hydrogen) atoms. The van der Waals surface area contributed by atoms with Crippen LogP contribution < -0.4 is 5.73 Å². The molecule has 2 aliphatic carbocycles. The van der Waals surface area contributed by atoms with Crippen LogP contribution in [0.15, 0.2) is 24.3 Å². The highest BCUT2D eigenvalue weighted by Gasteiger charge is 2.54. The van der Waals surface area contributed by atoms with Crippen LogP contribution in [0.25, 0.3) is 0 Å². The SMILES string of the molecule is Cc1cccc(C(O)C2(CN)CC3CCC2C3)c1. The number of fused-ring (bicyclic) bond motifs is 2. The molecule has 4 unspecified atom stereocenters. The van der Waals surface area contributed by atoms with Crippen molar-refractivity contribution in [3.05, 3.63) is 35.4 Å². The van der Waals surface area contributed by atoms with Crippen molar-refractivity contribution in [2.45, 2.75) is 38.7 Å². The first-order chi connectivity index (χ1) is 8.65. The van der Waals surface area contributed by atoms with E-state index in [4.69, 9.17) is 5.73 Å². The number of hydrogen-bond donors (Lipinski definition) is 2. The van der Waals surface area contributed by atoms with Crippen molar-refractivity contribution in [1.29, 1.82) is 0 Å². The Balaban J connectivity index is 1.93. The normalized spacial score (nSPS) is 35.9. The van der Waals surface area contributed by atoms with Gasteiger partial charge in [-0.15, -0.1) is 0 Å². The first kappa shape index (κ1) is 12.2. The molecule has 98 valence electrons. The van der Waals surface area contributed by atoms with Crippen LogP contribution >= 0.6 is 0 Å². The summed E-state index contributed by atoms with van der Waals surface area (Å²) >= 11 is 0. The van der Waals surface area contributed by atoms with E-state index in [1.807, 2.05) is 12.1 Å². The summed E-state index contributed by atoms with van der Waals surface area (Å²) in [4.78, 5) is 0. The van der Waals surface area contributed by atoms with Crippen LogP contribution in [0.2, 0.25) is 0 Å². The standard InChI is InChI=1S/C16H23NO/c1-11-3-2-4-13(7-11)15(18)16(10-17)9-12-5-6-14(16)8-12/h2-4,7,12,14-15,18H,5-6,8-10,17H2,1H3. The summed E-state index contributed by atoms with van der Waals surface area (Å²) in [6, 6.07) is 8.26. The lowest BCUT2D eigenvalue weighted by Gasteiger charge is -2.41. The molecule has 0 amide bonds. The summed E-state index contributed by atoms with van der Waals surface area (Å²) in [5.74, 6) is 1.43. The number of hydrogen-bond acceptors (Lipinski definition) is 2. The van der Waals surface area contributed by atoms with Crippen molar-refractivity contribution in [1.82, 2.24) is 0 Å². The van der Waals surface area contributed by atoms with E-state index in [2.05, 4.69) is 19.1 Å². The molecule has 3 rings (SSSR count). The summed E-state index contributed by atoms with van der Waals surface area (Å²) in [7, 11) is 0. The topological polar surface area (TPSA) is 46.2 Å². The van der Waals surface area contributed by atoms with Crippen molar-refractivity contribution in [3.8, 4) is 0 Å². The van der Waals surface area contributed by atoms with Gasteiger partial charge in [0.2, 0.25) is 0 Å². The van der Waals surface area contributed by atoms with Gasteiger partial charge in [0.15, 0.2) is 0 Å². The molecule has 3 N–H and O–H groups in total. The molecule has 0 saturated heterocycles. The van der Waals surface area contributed by atoms with Crippen LogP contribution in [0.3, 0.4) is 0 Å². The monoisotopic (exact) mass is 245 g/mol. The molecule has 1 aromatic rings. The quantitative estimate of drug-likeness (QED) is 0.860. The fourth-order valence-corrected chi connectivity index (χ4v) is 4.36. The summed E-state index contributed by atoms with van der Waals surface area (Å²) < 4.78 is 0. The van der Waals surface area contributed by atoms with E-state index in [0.29, 0.717) is 12.5 Å². The zero-order valence-electron chi connectivity index (χ0n) is 11.1. The Labute approximate surface area is 109 Å². The van der Waals surface area contributed by atoms with E-state index < -0.39 is 6.10 Å². The lowest BCUT2D eigenvalue weighted by atomic mass is 9.67. The van der Waals surface area contributed by atoms with Gasteiger partial charge in [-0.3, -0.25) is 0 Å². The average Bonchev–Trinajstić information content (AvgIpc) is 2.98. The second-order valence-electron chi connectivity index (χ2n) is 6.33. The molecular weight excluding hydrogens is 222 g/mol. The minimum Gasteiger partial charge on any atom is -0.388 e. The minimum absolute atomic E-state index is 0.0588. The van der Waals surface area contributed by atoms with Crippen LogP contribution in [-0.4, -0.2) is 11.7 Å². The van der Waals surface area contributed by atoms with E-state index in [1.165, 1.54) is 24.8 Å². The highest BCUT2D eigenvalue weighted by atomic mass is 16.3. The molecule has 2 heteroatoms. The molecule has 0 aromatic heterocycles. The zero-order chi connectivity index (χ0) is 12.8. The Bertz CT molecular complexity index is 444. The second kappa shape index (κ2) is 4.36. The summed E-state index contributed by atoms with van der Waals surface area (Å²) in [6.07, 6.45) is 4.60. The van der Waals surface area contributed by atoms with E-state index in [1.54, 1.807) is 0 Å². The molecule has 2 bridgehead atoms. The van der Waals surface area contributed by atoms with Gasteiger partial charge in [0.25, 0.3) is 0 Å². The van der Waals surface area contributed by atoms with Gasteiger partial charge < -0.3 is 10.8 Å². The molecule has 4 atom stereocenters. The molecule has 0 heterocycles. The maximum absolute atomic E-state index is 10.8. The Morgan fingerprint density at radius 2 is 2.28 bits per heavy atom. The predicted octanol–water partition coefficient (Wildman–Crippen LogP) is 2.79. The Morgan fingerprint density at radius 3 is 2.83 bits per heavy atom. The molecular formula is C16H23NO. The van der Waals surface area contributed by atoms with Crippen LogP contribution in [-0.2, 0) is 0 Å². The highest BCUT2D eigenvalue weighted by molar-refractivity contribution is 5.27. The Kier molecular flexibility index (Phi) is 2.95. The van der Waals surface area contributed by atoms with Crippen LogP contribution in [0, 0.1) is 24.2 Å². The van der Waals surface area contributed by atoms with Crippen LogP contribution in [0.5, 0.6) is 0 Å². The van der Waals surface area contributed by atoms with E-state index in [9.17, 15) is 5.11 Å². The lowest BCUT2D eigenvalue weighted by molar-refractivity contribution is -0.0130. The molecule has 0 radical (unpaired) electrons. The van der Waals surface area contributed by atoms with Gasteiger partial charge in [0.1, 0.15) is 0 Å². The Morgan fingerprint density at radius 1 is 1.44 bits per heavy atom. The molecule has 2 aliphatic rings. The molecule has 2 fully saturated rings. The van der Waals surface area contributed by atoms with Crippen LogP contribution in [0.1, 0.15) is 42.9 Å². The number of benzene rings is 1. The third kappa shape index (κ3) is 1.70. The predicted molar refractivity (Wildman–Crippen MR) is 73.1 cm³/mol. The maximum Gasteiger partial charge on any atom is 0.0861 e. The van der Waals surface area contributed by atoms with Crippen molar-refractivity contribution in [2.75, 3.05) is 6.54 Å². The third-order valence-electron chi connectivity index (χ3n) is 5.31. The van der Waals surface area contributed by atoms with Gasteiger partial charge in [-0.2, -0.15) is 0 Å². The highest BCUT2D eigenvalue weighted by Crippen LogP contribution is 2.60. The molecule has 1 aromatic carbocycles. The number of aryl methyl sites for hydroxylation is 1. The number of nitrogens with two attached hydrogens (primary N) is 1. The van der Waals surface area contributed by atoms with Crippen molar-refractivity contribution < 1.29 is 5.11 Å². The lowest BCUT2D eigenvalue weighted by Crippen LogP contribution is -2.41. The van der Waals surface area contributed by atoms with Gasteiger partial charge in [0, 0.05) is 12.0 Å². The number of aliphatic hydroxyl groups excluding tert-OH is 1. The first-order valence-electron chi connectivity index (χ1n) is 7.10. The molecule has 2 saturated carbocycles. The largest absolute Gasteiger partial charge is 0.388 e. The van der Waals surface area contributed by atoms with Gasteiger partial charge in [-0.25, -0.2) is 0 Å². The third-order valence-corrected chi connectivity index (χ3v) is 5.31. The van der Waals surface area contributed by atoms with Gasteiger partial charge in [0.05, 0.1) is 6.10 Å². The first-order valence-corrected chi connectivity index (χ1v) is 7.10. The molecule has 0 aliphatic heterocycles. The maximum atomic E-state index is 10.8. The zero-order valence-corrected chi connectivity index (χ0v) is 11.1. The molecule has 2 nitrogen and oxygen atoms in total. The van der Waals surface area contributed by atoms with Gasteiger partial charge >= 0.3 is 0 Å². The van der Waals surface area contributed by atoms with E-state index in [0.717, 1.165) is 17.9 Å². The fraction of sp³-hybridized carbons (Fsp3) is 0.625. The van der Waals surface area contributed by atoms with Crippen LogP contribution in [0.4, 0.5) is 0 Å². The molecule has 0 spiro atoms. The van der Waals surface area contributed by atoms with Crippen molar-refractivity contribution >= 4 is 0 Å². The van der Waals surface area contributed by atoms with Gasteiger partial charge in [-0.1, -0.05) is 36.2 Å². The van der Waals surface area contributed by atoms with Gasteiger partial charge in [-0.05, 0) is 43.6 Å². The summed E-state index contributed by atoms with van der Waals surface area (Å²) in [5.41, 5.74) is 8.27. The summed E-state index contributed by atoms with van der Waals surface area (Å²) in [5, 5.41) is 10.8. The number of aliphatic hydroxyl groups is 1. The number of rotatable bonds is 3. The summed E-state index contributed by atoms with van der Waals surface area (Å²) in [6.45, 7) is 2.69. The van der Waals surface area contributed by atoms with Crippen molar-refractivity contribution in [2.24, 2.45) is 23.0 Å². The minimum atomic E-state index is -0.391. The second-order valence-corrected chi connectivity index (χ2v) is 6.33.